The van der Waals surface area contributed by atoms with E-state index in [-0.39, 0.29) is 11.4 Å². The predicted octanol–water partition coefficient (Wildman–Crippen LogP) is 1.46. The Labute approximate surface area is 124 Å². The summed E-state index contributed by atoms with van der Waals surface area (Å²) in [5.74, 6) is 0.600. The summed E-state index contributed by atoms with van der Waals surface area (Å²) in [5, 5.41) is 0. The molecule has 0 fully saturated rings. The molecule has 0 amide bonds. The Morgan fingerprint density at radius 3 is 2.62 bits per heavy atom. The first-order valence-electron chi connectivity index (χ1n) is 6.44. The van der Waals surface area contributed by atoms with Gasteiger partial charge in [-0.05, 0) is 50.1 Å². The van der Waals surface area contributed by atoms with Crippen LogP contribution < -0.4 is 10.5 Å². The molecule has 6 nitrogen and oxygen atoms in total. The summed E-state index contributed by atoms with van der Waals surface area (Å²) in [6, 6.07) is 5.04. The van der Waals surface area contributed by atoms with Crippen molar-refractivity contribution in [2.75, 3.05) is 5.73 Å². The van der Waals surface area contributed by atoms with Crippen molar-refractivity contribution >= 4 is 15.7 Å². The number of sulfonamides is 1. The number of hydrogen-bond donors (Lipinski definition) is 2. The van der Waals surface area contributed by atoms with Gasteiger partial charge in [0.1, 0.15) is 5.82 Å². The lowest BCUT2D eigenvalue weighted by Gasteiger charge is -2.12. The molecule has 7 heteroatoms. The van der Waals surface area contributed by atoms with Crippen LogP contribution in [0.25, 0.3) is 0 Å². The van der Waals surface area contributed by atoms with Crippen molar-refractivity contribution in [2.45, 2.75) is 32.2 Å². The fraction of sp³-hybridized carbons (Fsp3) is 0.286. The fourth-order valence-corrected chi connectivity index (χ4v) is 3.34. The molecule has 0 aliphatic carbocycles. The van der Waals surface area contributed by atoms with E-state index in [2.05, 4.69) is 14.7 Å². The van der Waals surface area contributed by atoms with E-state index in [1.807, 2.05) is 6.92 Å². The zero-order valence-corrected chi connectivity index (χ0v) is 13.0. The zero-order chi connectivity index (χ0) is 15.6. The van der Waals surface area contributed by atoms with Crippen LogP contribution >= 0.6 is 0 Å². The quantitative estimate of drug-likeness (QED) is 0.833. The van der Waals surface area contributed by atoms with Gasteiger partial charge in [-0.15, -0.1) is 0 Å². The highest BCUT2D eigenvalue weighted by Crippen LogP contribution is 2.22. The smallest absolute Gasteiger partial charge is 0.241 e. The Balaban J connectivity index is 2.27. The van der Waals surface area contributed by atoms with Crippen LogP contribution in [0.2, 0.25) is 0 Å². The average molecular weight is 306 g/mol. The first-order chi connectivity index (χ1) is 9.79. The van der Waals surface area contributed by atoms with Crippen LogP contribution in [0.5, 0.6) is 0 Å². The highest BCUT2D eigenvalue weighted by atomic mass is 32.2. The van der Waals surface area contributed by atoms with Crippen LogP contribution in [-0.2, 0) is 16.6 Å². The number of aromatic nitrogens is 2. The van der Waals surface area contributed by atoms with Gasteiger partial charge in [0.2, 0.25) is 10.0 Å². The van der Waals surface area contributed by atoms with Gasteiger partial charge in [-0.25, -0.2) is 23.1 Å². The highest BCUT2D eigenvalue weighted by molar-refractivity contribution is 7.89. The summed E-state index contributed by atoms with van der Waals surface area (Å²) in [4.78, 5) is 8.34. The topological polar surface area (TPSA) is 98.0 Å². The van der Waals surface area contributed by atoms with Crippen molar-refractivity contribution < 1.29 is 8.42 Å². The summed E-state index contributed by atoms with van der Waals surface area (Å²) < 4.78 is 27.4. The maximum atomic E-state index is 12.4. The van der Waals surface area contributed by atoms with Gasteiger partial charge < -0.3 is 5.73 Å². The van der Waals surface area contributed by atoms with Gasteiger partial charge in [-0.3, -0.25) is 0 Å². The molecular formula is C14H18N4O2S. The van der Waals surface area contributed by atoms with Gasteiger partial charge in [0.25, 0.3) is 0 Å². The standard InChI is InChI=1S/C14H18N4O2S/c1-9-6-13(15)10(2)14(7-9)21(19,20)17-8-12-4-5-16-11(3)18-12/h4-7,17H,8,15H2,1-3H3. The third-order valence-electron chi connectivity index (χ3n) is 3.11. The van der Waals surface area contributed by atoms with E-state index in [1.165, 1.54) is 0 Å². The lowest BCUT2D eigenvalue weighted by Crippen LogP contribution is -2.25. The van der Waals surface area contributed by atoms with Crippen molar-refractivity contribution in [3.05, 3.63) is 47.0 Å². The number of nitrogens with two attached hydrogens (primary N) is 1. The number of nitrogen functional groups attached to an aromatic ring is 1. The summed E-state index contributed by atoms with van der Waals surface area (Å²) in [6.07, 6.45) is 1.60. The van der Waals surface area contributed by atoms with Crippen molar-refractivity contribution in [2.24, 2.45) is 0 Å². The molecule has 21 heavy (non-hydrogen) atoms. The lowest BCUT2D eigenvalue weighted by molar-refractivity contribution is 0.579. The van der Waals surface area contributed by atoms with Crippen LogP contribution in [0, 0.1) is 20.8 Å². The van der Waals surface area contributed by atoms with Crippen LogP contribution in [-0.4, -0.2) is 18.4 Å². The molecule has 0 saturated carbocycles. The number of nitrogens with one attached hydrogen (secondary N) is 1. The minimum absolute atomic E-state index is 0.110. The highest BCUT2D eigenvalue weighted by Gasteiger charge is 2.18. The molecule has 0 radical (unpaired) electrons. The molecule has 1 aromatic heterocycles. The molecule has 0 bridgehead atoms. The van der Waals surface area contributed by atoms with E-state index in [4.69, 9.17) is 5.73 Å². The molecule has 0 aliphatic heterocycles. The molecule has 0 saturated heterocycles. The Bertz CT molecular complexity index is 773. The van der Waals surface area contributed by atoms with Crippen molar-refractivity contribution in [3.63, 3.8) is 0 Å². The Morgan fingerprint density at radius 2 is 1.95 bits per heavy atom. The molecule has 0 atom stereocenters. The Hall–Kier alpha value is -1.99. The summed E-state index contributed by atoms with van der Waals surface area (Å²) in [7, 11) is -3.64. The average Bonchev–Trinajstić information content (AvgIpc) is 2.41. The third-order valence-corrected chi connectivity index (χ3v) is 4.64. The van der Waals surface area contributed by atoms with Crippen molar-refractivity contribution in [1.82, 2.24) is 14.7 Å². The number of aryl methyl sites for hydroxylation is 2. The summed E-state index contributed by atoms with van der Waals surface area (Å²) in [5.41, 5.74) is 8.26. The van der Waals surface area contributed by atoms with Crippen LogP contribution in [0.1, 0.15) is 22.6 Å². The SMILES string of the molecule is Cc1cc(N)c(C)c(S(=O)(=O)NCc2ccnc(C)n2)c1. The molecule has 0 unspecified atom stereocenters. The van der Waals surface area contributed by atoms with Crippen LogP contribution in [0.15, 0.2) is 29.3 Å². The molecule has 1 aromatic carbocycles. The first-order valence-corrected chi connectivity index (χ1v) is 7.93. The van der Waals surface area contributed by atoms with E-state index in [0.717, 1.165) is 5.56 Å². The fourth-order valence-electron chi connectivity index (χ4n) is 1.98. The van der Waals surface area contributed by atoms with E-state index < -0.39 is 10.0 Å². The lowest BCUT2D eigenvalue weighted by atomic mass is 10.1. The molecule has 2 rings (SSSR count). The van der Waals surface area contributed by atoms with Crippen molar-refractivity contribution in [1.29, 1.82) is 0 Å². The number of rotatable bonds is 4. The first kappa shape index (κ1) is 15.4. The molecule has 0 spiro atoms. The van der Waals surface area contributed by atoms with E-state index >= 15 is 0 Å². The monoisotopic (exact) mass is 306 g/mol. The second-order valence-corrected chi connectivity index (χ2v) is 6.63. The van der Waals surface area contributed by atoms with E-state index in [9.17, 15) is 8.42 Å². The maximum Gasteiger partial charge on any atom is 0.241 e. The summed E-state index contributed by atoms with van der Waals surface area (Å²) in [6.45, 7) is 5.36. The van der Waals surface area contributed by atoms with Gasteiger partial charge in [-0.2, -0.15) is 0 Å². The number of nitrogens with zero attached hydrogens (tertiary/aromatic N) is 2. The van der Waals surface area contributed by atoms with Gasteiger partial charge in [0.05, 0.1) is 17.1 Å². The van der Waals surface area contributed by atoms with Gasteiger partial charge >= 0.3 is 0 Å². The second-order valence-electron chi connectivity index (χ2n) is 4.90. The largest absolute Gasteiger partial charge is 0.398 e. The van der Waals surface area contributed by atoms with Crippen molar-refractivity contribution in [3.8, 4) is 0 Å². The minimum Gasteiger partial charge on any atom is -0.398 e. The van der Waals surface area contributed by atoms with E-state index in [1.54, 1.807) is 38.2 Å². The zero-order valence-electron chi connectivity index (χ0n) is 12.2. The molecule has 3 N–H and O–H groups in total. The number of hydrogen-bond acceptors (Lipinski definition) is 5. The number of anilines is 1. The van der Waals surface area contributed by atoms with Gasteiger partial charge in [0, 0.05) is 11.9 Å². The third kappa shape index (κ3) is 3.56. The Morgan fingerprint density at radius 1 is 1.24 bits per heavy atom. The minimum atomic E-state index is -3.64. The van der Waals surface area contributed by atoms with Crippen LogP contribution in [0.4, 0.5) is 5.69 Å². The van der Waals surface area contributed by atoms with E-state index in [0.29, 0.717) is 22.8 Å². The Kier molecular flexibility index (Phi) is 4.24. The normalized spacial score (nSPS) is 11.6. The molecule has 1 heterocycles. The molecule has 0 aliphatic rings. The second kappa shape index (κ2) is 5.79. The van der Waals surface area contributed by atoms with Crippen LogP contribution in [0.3, 0.4) is 0 Å². The van der Waals surface area contributed by atoms with Gasteiger partial charge in [-0.1, -0.05) is 0 Å². The maximum absolute atomic E-state index is 12.4. The predicted molar refractivity (Wildman–Crippen MR) is 81.1 cm³/mol. The number of benzene rings is 1. The van der Waals surface area contributed by atoms with Gasteiger partial charge in [0.15, 0.2) is 0 Å². The summed E-state index contributed by atoms with van der Waals surface area (Å²) >= 11 is 0. The molecule has 112 valence electrons. The molecule has 2 aromatic rings. The molecular weight excluding hydrogens is 288 g/mol.